The van der Waals surface area contributed by atoms with Crippen molar-refractivity contribution in [3.8, 4) is 0 Å². The van der Waals surface area contributed by atoms with Crippen LogP contribution < -0.4 is 4.90 Å². The second-order valence-corrected chi connectivity index (χ2v) is 8.50. The summed E-state index contributed by atoms with van der Waals surface area (Å²) >= 11 is 3.54. The predicted octanol–water partition coefficient (Wildman–Crippen LogP) is 4.09. The number of nitrogens with zero attached hydrogens (tertiary/aromatic N) is 2. The third-order valence-corrected chi connectivity index (χ3v) is 5.46. The van der Waals surface area contributed by atoms with E-state index < -0.39 is 0 Å². The molecule has 0 atom stereocenters. The fourth-order valence-corrected chi connectivity index (χ4v) is 3.80. The highest BCUT2D eigenvalue weighted by Gasteiger charge is 2.30. The Hall–Kier alpha value is -1.43. The largest absolute Gasteiger partial charge is 0.463 e. The summed E-state index contributed by atoms with van der Waals surface area (Å²) in [7, 11) is 0. The highest BCUT2D eigenvalue weighted by molar-refractivity contribution is 9.10. The van der Waals surface area contributed by atoms with E-state index in [1.54, 1.807) is 0 Å². The molecule has 0 amide bonds. The molecule has 1 aliphatic heterocycles. The minimum absolute atomic E-state index is 0.155. The molecule has 0 saturated carbocycles. The Kier molecular flexibility index (Phi) is 6.25. The number of rotatable bonds is 5. The number of ether oxygens (including phenoxy) is 1. The molecule has 2 heterocycles. The molecule has 1 aliphatic rings. The lowest BCUT2D eigenvalue weighted by atomic mass is 9.82. The molecule has 25 heavy (non-hydrogen) atoms. The number of carbonyl (C=O) groups excluding carboxylic acids is 2. The number of halogens is 1. The molecule has 5 nitrogen and oxygen atoms in total. The number of hydrogen-bond acceptors (Lipinski definition) is 5. The van der Waals surface area contributed by atoms with Crippen LogP contribution in [0, 0.1) is 12.3 Å². The molecule has 0 aliphatic carbocycles. The smallest absolute Gasteiger partial charge is 0.310 e. The zero-order valence-corrected chi connectivity index (χ0v) is 17.3. The zero-order valence-electron chi connectivity index (χ0n) is 15.7. The number of aldehydes is 1. The zero-order chi connectivity index (χ0) is 18.8. The van der Waals surface area contributed by atoms with Crippen LogP contribution in [0.4, 0.5) is 5.69 Å². The van der Waals surface area contributed by atoms with Gasteiger partial charge in [0.05, 0.1) is 22.7 Å². The maximum Gasteiger partial charge on any atom is 0.310 e. The van der Waals surface area contributed by atoms with Gasteiger partial charge in [-0.25, -0.2) is 4.98 Å². The third-order valence-electron chi connectivity index (χ3n) is 4.68. The maximum atomic E-state index is 12.2. The first-order chi connectivity index (χ1) is 11.6. The van der Waals surface area contributed by atoms with E-state index in [0.29, 0.717) is 21.3 Å². The molecule has 0 unspecified atom stereocenters. The van der Waals surface area contributed by atoms with Crippen molar-refractivity contribution in [2.24, 2.45) is 5.41 Å². The van der Waals surface area contributed by atoms with Gasteiger partial charge in [-0.15, -0.1) is 0 Å². The first-order valence-electron chi connectivity index (χ1n) is 8.73. The van der Waals surface area contributed by atoms with E-state index in [0.717, 1.165) is 43.5 Å². The number of aromatic nitrogens is 1. The summed E-state index contributed by atoms with van der Waals surface area (Å²) in [6, 6.07) is 0. The summed E-state index contributed by atoms with van der Waals surface area (Å²) in [6.07, 6.45) is 2.88. The number of pyridine rings is 1. The number of carbonyl (C=O) groups is 2. The van der Waals surface area contributed by atoms with Crippen LogP contribution in [0.5, 0.6) is 0 Å². The van der Waals surface area contributed by atoms with Crippen LogP contribution in [0.1, 0.15) is 62.3 Å². The number of hydrogen-bond donors (Lipinski definition) is 0. The van der Waals surface area contributed by atoms with E-state index in [1.807, 2.05) is 20.8 Å². The number of anilines is 1. The van der Waals surface area contributed by atoms with Crippen molar-refractivity contribution >= 4 is 33.9 Å². The van der Waals surface area contributed by atoms with Crippen molar-refractivity contribution in [2.45, 2.75) is 60.0 Å². The summed E-state index contributed by atoms with van der Waals surface area (Å²) in [5.74, 6) is -0.274. The van der Waals surface area contributed by atoms with Crippen LogP contribution in [0.2, 0.25) is 0 Å². The minimum atomic E-state index is -0.274. The molecule has 6 heteroatoms. The average molecular weight is 411 g/mol. The van der Waals surface area contributed by atoms with Crippen molar-refractivity contribution in [2.75, 3.05) is 18.0 Å². The van der Waals surface area contributed by atoms with Crippen molar-refractivity contribution in [3.05, 3.63) is 21.4 Å². The molecular formula is C19H27BrN2O3. The summed E-state index contributed by atoms with van der Waals surface area (Å²) in [6.45, 7) is 11.8. The Labute approximate surface area is 158 Å². The van der Waals surface area contributed by atoms with Crippen LogP contribution in [-0.4, -0.2) is 36.4 Å². The molecular weight excluding hydrogens is 384 g/mol. The predicted molar refractivity (Wildman–Crippen MR) is 102 cm³/mol. The van der Waals surface area contributed by atoms with E-state index in [4.69, 9.17) is 4.74 Å². The molecule has 0 spiro atoms. The third kappa shape index (κ3) is 4.81. The summed E-state index contributed by atoms with van der Waals surface area (Å²) in [5, 5.41) is 0. The molecule has 138 valence electrons. The standard InChI is InChI=1S/C19H27BrN2O3/c1-12(2)25-16(24)10-14-13(3)21-15(11-23)17(20)18(14)22-8-6-19(4,5)7-9-22/h11-12H,6-10H2,1-5H3. The summed E-state index contributed by atoms with van der Waals surface area (Å²) < 4.78 is 5.98. The van der Waals surface area contributed by atoms with E-state index in [2.05, 4.69) is 39.7 Å². The molecule has 2 rings (SSSR count). The number of esters is 1. The van der Waals surface area contributed by atoms with Crippen LogP contribution in [-0.2, 0) is 16.0 Å². The van der Waals surface area contributed by atoms with Gasteiger partial charge in [0.25, 0.3) is 0 Å². The molecule has 1 fully saturated rings. The molecule has 0 aromatic carbocycles. The Morgan fingerprint density at radius 2 is 1.96 bits per heavy atom. The number of piperidine rings is 1. The van der Waals surface area contributed by atoms with Crippen molar-refractivity contribution in [1.29, 1.82) is 0 Å². The maximum absolute atomic E-state index is 12.2. The van der Waals surface area contributed by atoms with Crippen LogP contribution in [0.3, 0.4) is 0 Å². The van der Waals surface area contributed by atoms with Gasteiger partial charge in [-0.1, -0.05) is 13.8 Å². The van der Waals surface area contributed by atoms with Crippen LogP contribution in [0.25, 0.3) is 0 Å². The highest BCUT2D eigenvalue weighted by Crippen LogP contribution is 2.39. The molecule has 0 radical (unpaired) electrons. The van der Waals surface area contributed by atoms with Gasteiger partial charge in [0, 0.05) is 24.3 Å². The lowest BCUT2D eigenvalue weighted by molar-refractivity contribution is -0.146. The Morgan fingerprint density at radius 1 is 1.36 bits per heavy atom. The first-order valence-corrected chi connectivity index (χ1v) is 9.52. The quantitative estimate of drug-likeness (QED) is 0.540. The average Bonchev–Trinajstić information content (AvgIpc) is 2.51. The van der Waals surface area contributed by atoms with Gasteiger partial charge < -0.3 is 9.64 Å². The molecule has 1 aromatic heterocycles. The second-order valence-electron chi connectivity index (χ2n) is 7.71. The van der Waals surface area contributed by atoms with Crippen molar-refractivity contribution in [1.82, 2.24) is 4.98 Å². The van der Waals surface area contributed by atoms with Gasteiger partial charge in [-0.05, 0) is 55.0 Å². The van der Waals surface area contributed by atoms with Crippen molar-refractivity contribution < 1.29 is 14.3 Å². The van der Waals surface area contributed by atoms with Gasteiger partial charge in [0.2, 0.25) is 0 Å². The lowest BCUT2D eigenvalue weighted by Crippen LogP contribution is -2.38. The topological polar surface area (TPSA) is 59.5 Å². The fourth-order valence-electron chi connectivity index (χ4n) is 3.13. The van der Waals surface area contributed by atoms with Crippen LogP contribution >= 0.6 is 15.9 Å². The molecule has 0 N–H and O–H groups in total. The second kappa shape index (κ2) is 7.85. The van der Waals surface area contributed by atoms with Gasteiger partial charge in [-0.2, -0.15) is 0 Å². The van der Waals surface area contributed by atoms with Crippen molar-refractivity contribution in [3.63, 3.8) is 0 Å². The normalized spacial score (nSPS) is 16.8. The lowest BCUT2D eigenvalue weighted by Gasteiger charge is -2.39. The Balaban J connectivity index is 2.42. The highest BCUT2D eigenvalue weighted by atomic mass is 79.9. The van der Waals surface area contributed by atoms with Gasteiger partial charge in [-0.3, -0.25) is 9.59 Å². The van der Waals surface area contributed by atoms with E-state index in [9.17, 15) is 9.59 Å². The van der Waals surface area contributed by atoms with Gasteiger partial charge >= 0.3 is 5.97 Å². The number of aryl methyl sites for hydroxylation is 1. The summed E-state index contributed by atoms with van der Waals surface area (Å²) in [5.41, 5.74) is 3.13. The van der Waals surface area contributed by atoms with E-state index >= 15 is 0 Å². The molecule has 0 bridgehead atoms. The SMILES string of the molecule is Cc1nc(C=O)c(Br)c(N2CCC(C)(C)CC2)c1CC(=O)OC(C)C. The fraction of sp³-hybridized carbons (Fsp3) is 0.632. The van der Waals surface area contributed by atoms with Gasteiger partial charge in [0.15, 0.2) is 6.29 Å². The summed E-state index contributed by atoms with van der Waals surface area (Å²) in [4.78, 5) is 30.2. The Morgan fingerprint density at radius 3 is 2.48 bits per heavy atom. The monoisotopic (exact) mass is 410 g/mol. The van der Waals surface area contributed by atoms with E-state index in [-0.39, 0.29) is 18.5 Å². The molecule has 1 aromatic rings. The van der Waals surface area contributed by atoms with Gasteiger partial charge in [0.1, 0.15) is 5.69 Å². The first kappa shape index (κ1) is 19.9. The van der Waals surface area contributed by atoms with E-state index in [1.165, 1.54) is 0 Å². The van der Waals surface area contributed by atoms with Crippen LogP contribution in [0.15, 0.2) is 4.47 Å². The molecule has 1 saturated heterocycles. The Bertz CT molecular complexity index is 661. The minimum Gasteiger partial charge on any atom is -0.463 e.